The summed E-state index contributed by atoms with van der Waals surface area (Å²) in [4.78, 5) is 14.8. The van der Waals surface area contributed by atoms with Crippen LogP contribution in [0.2, 0.25) is 0 Å². The number of anilines is 2. The third-order valence-electron chi connectivity index (χ3n) is 5.19. The van der Waals surface area contributed by atoms with Gasteiger partial charge in [0.1, 0.15) is 6.07 Å². The molecule has 0 bridgehead atoms. The van der Waals surface area contributed by atoms with Crippen LogP contribution in [0.25, 0.3) is 10.8 Å². The Kier molecular flexibility index (Phi) is 4.96. The first kappa shape index (κ1) is 18.0. The second-order valence-electron chi connectivity index (χ2n) is 7.08. The highest BCUT2D eigenvalue weighted by molar-refractivity contribution is 6.06. The molecule has 4 rings (SSSR count). The summed E-state index contributed by atoms with van der Waals surface area (Å²) in [6, 6.07) is 21.1. The highest BCUT2D eigenvalue weighted by Gasteiger charge is 2.20. The summed E-state index contributed by atoms with van der Waals surface area (Å²) in [5, 5.41) is 24.2. The second-order valence-corrected chi connectivity index (χ2v) is 7.08. The monoisotopic (exact) mass is 371 g/mol. The largest absolute Gasteiger partial charge is 0.393 e. The van der Waals surface area contributed by atoms with E-state index in [1.54, 1.807) is 12.1 Å². The number of hydrogen-bond donors (Lipinski definition) is 2. The van der Waals surface area contributed by atoms with Crippen molar-refractivity contribution in [3.63, 3.8) is 0 Å². The van der Waals surface area contributed by atoms with Crippen molar-refractivity contribution in [2.45, 2.75) is 18.9 Å². The summed E-state index contributed by atoms with van der Waals surface area (Å²) < 4.78 is 0. The molecule has 1 heterocycles. The van der Waals surface area contributed by atoms with Gasteiger partial charge < -0.3 is 15.3 Å². The van der Waals surface area contributed by atoms with E-state index in [1.807, 2.05) is 48.5 Å². The summed E-state index contributed by atoms with van der Waals surface area (Å²) in [6.45, 7) is 1.44. The van der Waals surface area contributed by atoms with Crippen LogP contribution in [-0.2, 0) is 0 Å². The van der Waals surface area contributed by atoms with E-state index in [2.05, 4.69) is 16.3 Å². The van der Waals surface area contributed by atoms with Crippen LogP contribution in [-0.4, -0.2) is 30.2 Å². The molecule has 1 saturated heterocycles. The zero-order chi connectivity index (χ0) is 19.5. The number of carbonyl (C=O) groups is 1. The highest BCUT2D eigenvalue weighted by Crippen LogP contribution is 2.27. The van der Waals surface area contributed by atoms with Gasteiger partial charge in [-0.15, -0.1) is 0 Å². The predicted molar refractivity (Wildman–Crippen MR) is 111 cm³/mol. The number of aliphatic hydroxyl groups excluding tert-OH is 1. The fourth-order valence-corrected chi connectivity index (χ4v) is 3.62. The maximum Gasteiger partial charge on any atom is 0.255 e. The van der Waals surface area contributed by atoms with E-state index in [1.165, 1.54) is 0 Å². The zero-order valence-electron chi connectivity index (χ0n) is 15.4. The summed E-state index contributed by atoms with van der Waals surface area (Å²) in [5.74, 6) is -0.205. The van der Waals surface area contributed by atoms with Crippen LogP contribution in [0.15, 0.2) is 60.7 Å². The molecule has 1 aliphatic rings. The Hall–Kier alpha value is -3.36. The quantitative estimate of drug-likeness (QED) is 0.731. The fraction of sp³-hybridized carbons (Fsp3) is 0.217. The van der Waals surface area contributed by atoms with Crippen LogP contribution >= 0.6 is 0 Å². The van der Waals surface area contributed by atoms with Gasteiger partial charge in [0.25, 0.3) is 5.91 Å². The van der Waals surface area contributed by atoms with Crippen molar-refractivity contribution in [2.75, 3.05) is 23.3 Å². The minimum Gasteiger partial charge on any atom is -0.393 e. The SMILES string of the molecule is N#Cc1cc(NC(=O)c2ccc3ccccc3c2)ccc1N1CCC(O)CC1. The summed E-state index contributed by atoms with van der Waals surface area (Å²) in [6.07, 6.45) is 1.14. The van der Waals surface area contributed by atoms with Crippen LogP contribution < -0.4 is 10.2 Å². The molecular formula is C23H21N3O2. The van der Waals surface area contributed by atoms with Gasteiger partial charge >= 0.3 is 0 Å². The van der Waals surface area contributed by atoms with Crippen LogP contribution in [0.1, 0.15) is 28.8 Å². The van der Waals surface area contributed by atoms with Gasteiger partial charge in [-0.3, -0.25) is 4.79 Å². The molecule has 0 spiro atoms. The van der Waals surface area contributed by atoms with Crippen LogP contribution in [0.5, 0.6) is 0 Å². The number of rotatable bonds is 3. The smallest absolute Gasteiger partial charge is 0.255 e. The normalized spacial score (nSPS) is 14.6. The van der Waals surface area contributed by atoms with Crippen molar-refractivity contribution in [3.05, 3.63) is 71.8 Å². The van der Waals surface area contributed by atoms with Crippen LogP contribution in [0.3, 0.4) is 0 Å². The van der Waals surface area contributed by atoms with Gasteiger partial charge in [0.15, 0.2) is 0 Å². The van der Waals surface area contributed by atoms with Crippen molar-refractivity contribution in [2.24, 2.45) is 0 Å². The first-order valence-electron chi connectivity index (χ1n) is 9.41. The molecule has 3 aromatic carbocycles. The Morgan fingerprint density at radius 2 is 1.79 bits per heavy atom. The molecule has 28 heavy (non-hydrogen) atoms. The molecule has 0 atom stereocenters. The van der Waals surface area contributed by atoms with Gasteiger partial charge in [-0.05, 0) is 53.9 Å². The molecule has 1 amide bonds. The number of benzene rings is 3. The van der Waals surface area contributed by atoms with Gasteiger partial charge in [0.2, 0.25) is 0 Å². The average molecular weight is 371 g/mol. The van der Waals surface area contributed by atoms with E-state index in [9.17, 15) is 15.2 Å². The number of fused-ring (bicyclic) bond motifs is 1. The first-order chi connectivity index (χ1) is 13.6. The number of nitriles is 1. The Morgan fingerprint density at radius 1 is 1.04 bits per heavy atom. The standard InChI is InChI=1S/C23H21N3O2/c24-15-19-14-20(7-8-22(19)26-11-9-21(27)10-12-26)25-23(28)18-6-5-16-3-1-2-4-17(16)13-18/h1-8,13-14,21,27H,9-12H2,(H,25,28). The summed E-state index contributed by atoms with van der Waals surface area (Å²) in [5.41, 5.74) is 2.53. The van der Waals surface area contributed by atoms with Crippen molar-refractivity contribution >= 4 is 28.1 Å². The average Bonchev–Trinajstić information content (AvgIpc) is 2.74. The Labute approximate surface area is 163 Å². The molecule has 0 aromatic heterocycles. The van der Waals surface area contributed by atoms with Gasteiger partial charge in [0.05, 0.1) is 17.4 Å². The number of carbonyl (C=O) groups excluding carboxylic acids is 1. The van der Waals surface area contributed by atoms with E-state index in [0.717, 1.165) is 29.5 Å². The van der Waals surface area contributed by atoms with Crippen molar-refractivity contribution < 1.29 is 9.90 Å². The fourth-order valence-electron chi connectivity index (χ4n) is 3.62. The van der Waals surface area contributed by atoms with E-state index in [-0.39, 0.29) is 12.0 Å². The molecule has 5 heteroatoms. The van der Waals surface area contributed by atoms with E-state index >= 15 is 0 Å². The van der Waals surface area contributed by atoms with Crippen LogP contribution in [0.4, 0.5) is 11.4 Å². The second kappa shape index (κ2) is 7.71. The summed E-state index contributed by atoms with van der Waals surface area (Å²) >= 11 is 0. The number of nitrogens with one attached hydrogen (secondary N) is 1. The minimum absolute atomic E-state index is 0.205. The summed E-state index contributed by atoms with van der Waals surface area (Å²) in [7, 11) is 0. The molecule has 0 radical (unpaired) electrons. The lowest BCUT2D eigenvalue weighted by molar-refractivity contribution is 0.102. The lowest BCUT2D eigenvalue weighted by Crippen LogP contribution is -2.36. The molecule has 0 unspecified atom stereocenters. The van der Waals surface area contributed by atoms with Crippen LogP contribution in [0, 0.1) is 11.3 Å². The minimum atomic E-state index is -0.262. The highest BCUT2D eigenvalue weighted by atomic mass is 16.3. The Bertz CT molecular complexity index is 1060. The molecule has 0 saturated carbocycles. The molecule has 5 nitrogen and oxygen atoms in total. The lowest BCUT2D eigenvalue weighted by atomic mass is 10.0. The van der Waals surface area contributed by atoms with Crippen molar-refractivity contribution in [3.8, 4) is 6.07 Å². The van der Waals surface area contributed by atoms with Gasteiger partial charge in [-0.25, -0.2) is 0 Å². The lowest BCUT2D eigenvalue weighted by Gasteiger charge is -2.32. The third kappa shape index (κ3) is 3.68. The predicted octanol–water partition coefficient (Wildman–Crippen LogP) is 3.92. The number of piperidine rings is 1. The zero-order valence-corrected chi connectivity index (χ0v) is 15.4. The number of amides is 1. The number of aliphatic hydroxyl groups is 1. The number of nitrogens with zero attached hydrogens (tertiary/aromatic N) is 2. The maximum atomic E-state index is 12.6. The Morgan fingerprint density at radius 3 is 2.54 bits per heavy atom. The molecule has 3 aromatic rings. The molecule has 140 valence electrons. The van der Waals surface area contributed by atoms with Gasteiger partial charge in [-0.2, -0.15) is 5.26 Å². The van der Waals surface area contributed by atoms with Gasteiger partial charge in [0, 0.05) is 24.3 Å². The molecule has 1 fully saturated rings. The topological polar surface area (TPSA) is 76.4 Å². The molecular weight excluding hydrogens is 350 g/mol. The first-order valence-corrected chi connectivity index (χ1v) is 9.41. The maximum absolute atomic E-state index is 12.6. The Balaban J connectivity index is 1.54. The van der Waals surface area contributed by atoms with E-state index < -0.39 is 0 Å². The molecule has 0 aliphatic carbocycles. The number of hydrogen-bond acceptors (Lipinski definition) is 4. The molecule has 1 aliphatic heterocycles. The third-order valence-corrected chi connectivity index (χ3v) is 5.19. The van der Waals surface area contributed by atoms with Crippen molar-refractivity contribution in [1.29, 1.82) is 5.26 Å². The van der Waals surface area contributed by atoms with E-state index in [0.29, 0.717) is 29.7 Å². The van der Waals surface area contributed by atoms with Crippen molar-refractivity contribution in [1.82, 2.24) is 0 Å². The van der Waals surface area contributed by atoms with E-state index in [4.69, 9.17) is 0 Å². The molecule has 2 N–H and O–H groups in total. The van der Waals surface area contributed by atoms with Gasteiger partial charge in [-0.1, -0.05) is 30.3 Å².